The first-order chi connectivity index (χ1) is 9.03. The van der Waals surface area contributed by atoms with Crippen molar-refractivity contribution in [3.8, 4) is 5.75 Å². The van der Waals surface area contributed by atoms with Gasteiger partial charge >= 0.3 is 21.6 Å². The summed E-state index contributed by atoms with van der Waals surface area (Å²) >= 11 is 0. The standard InChI is InChI=1S/C10H6F4O5S/c11-7-5-6(2-4-9(15)16)1-3-8(7)19-20(17,18)10(12,13)14/h1-5H,(H,15,16)/b4-2+. The van der Waals surface area contributed by atoms with Gasteiger partial charge in [-0.15, -0.1) is 0 Å². The lowest BCUT2D eigenvalue weighted by Crippen LogP contribution is -2.28. The summed E-state index contributed by atoms with van der Waals surface area (Å²) in [5, 5.41) is 8.33. The van der Waals surface area contributed by atoms with Crippen LogP contribution in [-0.2, 0) is 14.9 Å². The van der Waals surface area contributed by atoms with Crippen molar-refractivity contribution >= 4 is 22.2 Å². The van der Waals surface area contributed by atoms with Crippen molar-refractivity contribution in [1.82, 2.24) is 0 Å². The molecule has 0 heterocycles. The summed E-state index contributed by atoms with van der Waals surface area (Å²) in [6.45, 7) is 0. The van der Waals surface area contributed by atoms with Crippen LogP contribution in [0.1, 0.15) is 5.56 Å². The number of halogens is 4. The first kappa shape index (κ1) is 16.0. The molecule has 1 aromatic carbocycles. The van der Waals surface area contributed by atoms with E-state index in [0.29, 0.717) is 18.2 Å². The lowest BCUT2D eigenvalue weighted by atomic mass is 10.2. The van der Waals surface area contributed by atoms with Crippen molar-refractivity contribution in [2.24, 2.45) is 0 Å². The van der Waals surface area contributed by atoms with Gasteiger partial charge in [0.2, 0.25) is 0 Å². The normalized spacial score (nSPS) is 12.6. The summed E-state index contributed by atoms with van der Waals surface area (Å²) in [4.78, 5) is 10.2. The fourth-order valence-corrected chi connectivity index (χ4v) is 1.49. The number of aliphatic carboxylic acids is 1. The highest BCUT2D eigenvalue weighted by molar-refractivity contribution is 7.88. The predicted octanol–water partition coefficient (Wildman–Crippen LogP) is 2.15. The van der Waals surface area contributed by atoms with Gasteiger partial charge in [0.15, 0.2) is 11.6 Å². The maximum absolute atomic E-state index is 13.4. The Balaban J connectivity index is 3.04. The fourth-order valence-electron chi connectivity index (χ4n) is 1.02. The third-order valence-corrected chi connectivity index (χ3v) is 2.82. The van der Waals surface area contributed by atoms with Crippen LogP contribution in [0, 0.1) is 5.82 Å². The molecular weight excluding hydrogens is 308 g/mol. The Labute approximate surface area is 110 Å². The second-order valence-electron chi connectivity index (χ2n) is 3.34. The van der Waals surface area contributed by atoms with Crippen molar-refractivity contribution < 1.29 is 40.1 Å². The molecule has 0 aromatic heterocycles. The molecule has 0 aliphatic rings. The molecule has 1 N–H and O–H groups in total. The van der Waals surface area contributed by atoms with Gasteiger partial charge in [-0.25, -0.2) is 9.18 Å². The van der Waals surface area contributed by atoms with Gasteiger partial charge in [0, 0.05) is 6.08 Å². The average Bonchev–Trinajstić information content (AvgIpc) is 2.28. The molecule has 0 aliphatic heterocycles. The minimum Gasteiger partial charge on any atom is -0.478 e. The highest BCUT2D eigenvalue weighted by Crippen LogP contribution is 2.28. The van der Waals surface area contributed by atoms with Gasteiger partial charge in [-0.05, 0) is 23.8 Å². The molecule has 0 saturated carbocycles. The SMILES string of the molecule is O=C(O)/C=C/c1ccc(OS(=O)(=O)C(F)(F)F)c(F)c1. The van der Waals surface area contributed by atoms with Crippen LogP contribution in [0.5, 0.6) is 5.75 Å². The van der Waals surface area contributed by atoms with Crippen LogP contribution in [0.3, 0.4) is 0 Å². The van der Waals surface area contributed by atoms with Crippen LogP contribution in [0.4, 0.5) is 17.6 Å². The monoisotopic (exact) mass is 314 g/mol. The quantitative estimate of drug-likeness (QED) is 0.399. The molecule has 0 saturated heterocycles. The molecule has 20 heavy (non-hydrogen) atoms. The highest BCUT2D eigenvalue weighted by atomic mass is 32.2. The Bertz CT molecular complexity index is 648. The van der Waals surface area contributed by atoms with E-state index in [1.807, 2.05) is 0 Å². The Hall–Kier alpha value is -2.10. The molecule has 0 aliphatic carbocycles. The zero-order valence-electron chi connectivity index (χ0n) is 9.39. The largest absolute Gasteiger partial charge is 0.534 e. The summed E-state index contributed by atoms with van der Waals surface area (Å²) in [6, 6.07) is 2.25. The number of benzene rings is 1. The van der Waals surface area contributed by atoms with Crippen LogP contribution in [0.15, 0.2) is 24.3 Å². The van der Waals surface area contributed by atoms with Gasteiger partial charge in [-0.2, -0.15) is 21.6 Å². The van der Waals surface area contributed by atoms with E-state index in [0.717, 1.165) is 12.1 Å². The number of alkyl halides is 3. The molecule has 10 heteroatoms. The van der Waals surface area contributed by atoms with Crippen molar-refractivity contribution in [2.45, 2.75) is 5.51 Å². The Morgan fingerprint density at radius 2 is 1.90 bits per heavy atom. The van der Waals surface area contributed by atoms with E-state index in [2.05, 4.69) is 4.18 Å². The van der Waals surface area contributed by atoms with E-state index < -0.39 is 33.2 Å². The first-order valence-electron chi connectivity index (χ1n) is 4.74. The van der Waals surface area contributed by atoms with Crippen molar-refractivity contribution in [1.29, 1.82) is 0 Å². The lowest BCUT2D eigenvalue weighted by molar-refractivity contribution is -0.131. The second kappa shape index (κ2) is 5.49. The van der Waals surface area contributed by atoms with Gasteiger partial charge < -0.3 is 9.29 Å². The summed E-state index contributed by atoms with van der Waals surface area (Å²) < 4.78 is 74.4. The van der Waals surface area contributed by atoms with E-state index in [-0.39, 0.29) is 5.56 Å². The van der Waals surface area contributed by atoms with E-state index >= 15 is 0 Å². The fraction of sp³-hybridized carbons (Fsp3) is 0.100. The number of hydrogen-bond donors (Lipinski definition) is 1. The molecular formula is C10H6F4O5S. The minimum atomic E-state index is -5.96. The van der Waals surface area contributed by atoms with Gasteiger partial charge in [-0.1, -0.05) is 6.07 Å². The number of hydrogen-bond acceptors (Lipinski definition) is 4. The molecule has 0 radical (unpaired) electrons. The summed E-state index contributed by atoms with van der Waals surface area (Å²) in [5.41, 5.74) is -5.68. The van der Waals surface area contributed by atoms with Crippen LogP contribution >= 0.6 is 0 Å². The predicted molar refractivity (Wildman–Crippen MR) is 58.7 cm³/mol. The summed E-state index contributed by atoms with van der Waals surface area (Å²) in [5.74, 6) is -3.84. The number of carboxylic acid groups (broad SMARTS) is 1. The molecule has 0 unspecified atom stereocenters. The van der Waals surface area contributed by atoms with Gasteiger partial charge in [0.1, 0.15) is 0 Å². The number of carbonyl (C=O) groups is 1. The smallest absolute Gasteiger partial charge is 0.478 e. The number of rotatable bonds is 4. The molecule has 1 aromatic rings. The van der Waals surface area contributed by atoms with Crippen molar-refractivity contribution in [2.75, 3.05) is 0 Å². The second-order valence-corrected chi connectivity index (χ2v) is 4.88. The zero-order chi connectivity index (χ0) is 15.6. The maximum Gasteiger partial charge on any atom is 0.534 e. The van der Waals surface area contributed by atoms with Crippen LogP contribution in [0.2, 0.25) is 0 Å². The van der Waals surface area contributed by atoms with Gasteiger partial charge in [0.25, 0.3) is 0 Å². The molecule has 1 rings (SSSR count). The Morgan fingerprint density at radius 1 is 1.30 bits per heavy atom. The van der Waals surface area contributed by atoms with Crippen molar-refractivity contribution in [3.05, 3.63) is 35.7 Å². The maximum atomic E-state index is 13.4. The summed E-state index contributed by atoms with van der Waals surface area (Å²) in [7, 11) is -5.96. The van der Waals surface area contributed by atoms with Crippen LogP contribution in [0.25, 0.3) is 6.08 Å². The topological polar surface area (TPSA) is 80.7 Å². The van der Waals surface area contributed by atoms with Crippen molar-refractivity contribution in [3.63, 3.8) is 0 Å². The average molecular weight is 314 g/mol. The van der Waals surface area contributed by atoms with E-state index in [4.69, 9.17) is 5.11 Å². The molecule has 0 fully saturated rings. The lowest BCUT2D eigenvalue weighted by Gasteiger charge is -2.10. The number of carboxylic acids is 1. The van der Waals surface area contributed by atoms with E-state index in [9.17, 15) is 30.8 Å². The molecule has 110 valence electrons. The minimum absolute atomic E-state index is 0.00153. The molecule has 0 atom stereocenters. The third-order valence-electron chi connectivity index (χ3n) is 1.86. The molecule has 5 nitrogen and oxygen atoms in total. The van der Waals surface area contributed by atoms with E-state index in [1.54, 1.807) is 0 Å². The molecule has 0 bridgehead atoms. The van der Waals surface area contributed by atoms with Gasteiger partial charge in [-0.3, -0.25) is 0 Å². The first-order valence-corrected chi connectivity index (χ1v) is 6.15. The Kier molecular flexibility index (Phi) is 4.38. The van der Waals surface area contributed by atoms with Crippen LogP contribution < -0.4 is 4.18 Å². The summed E-state index contributed by atoms with van der Waals surface area (Å²) in [6.07, 6.45) is 1.63. The van der Waals surface area contributed by atoms with E-state index in [1.165, 1.54) is 0 Å². The zero-order valence-corrected chi connectivity index (χ0v) is 10.2. The van der Waals surface area contributed by atoms with Crippen LogP contribution in [-0.4, -0.2) is 25.0 Å². The molecule has 0 amide bonds. The molecule has 0 spiro atoms. The highest BCUT2D eigenvalue weighted by Gasteiger charge is 2.48. The third kappa shape index (κ3) is 3.95. The Morgan fingerprint density at radius 3 is 2.35 bits per heavy atom. The van der Waals surface area contributed by atoms with Gasteiger partial charge in [0.05, 0.1) is 0 Å².